The molecule has 5 nitrogen and oxygen atoms in total. The summed E-state index contributed by atoms with van der Waals surface area (Å²) in [5.74, 6) is -0.945. The van der Waals surface area contributed by atoms with Gasteiger partial charge in [0.1, 0.15) is 5.82 Å². The topological polar surface area (TPSA) is 57.7 Å². The molecule has 0 aromatic heterocycles. The van der Waals surface area contributed by atoms with Crippen molar-refractivity contribution in [2.75, 3.05) is 19.6 Å². The summed E-state index contributed by atoms with van der Waals surface area (Å²) in [6.45, 7) is 0.438. The molecule has 0 N–H and O–H groups in total. The molecule has 0 aliphatic carbocycles. The van der Waals surface area contributed by atoms with Gasteiger partial charge in [-0.15, -0.1) is 0 Å². The Morgan fingerprint density at radius 3 is 2.32 bits per heavy atom. The molecular weight excluding hydrogens is 426 g/mol. The number of rotatable bonds is 6. The van der Waals surface area contributed by atoms with Gasteiger partial charge >= 0.3 is 0 Å². The minimum Gasteiger partial charge on any atom is -0.342 e. The van der Waals surface area contributed by atoms with Crippen LogP contribution in [0.5, 0.6) is 0 Å². The quantitative estimate of drug-likeness (QED) is 0.677. The molecule has 2 aromatic carbocycles. The van der Waals surface area contributed by atoms with E-state index < -0.39 is 22.4 Å². The summed E-state index contributed by atoms with van der Waals surface area (Å²) in [4.78, 5) is 14.2. The highest BCUT2D eigenvalue weighted by Gasteiger charge is 2.30. The van der Waals surface area contributed by atoms with E-state index in [4.69, 9.17) is 23.2 Å². The number of carbonyl (C=O) groups is 1. The van der Waals surface area contributed by atoms with Gasteiger partial charge in [0.15, 0.2) is 0 Å². The molecule has 0 bridgehead atoms. The van der Waals surface area contributed by atoms with Crippen molar-refractivity contribution >= 4 is 39.1 Å². The van der Waals surface area contributed by atoms with Gasteiger partial charge in [0.2, 0.25) is 15.9 Å². The van der Waals surface area contributed by atoms with Gasteiger partial charge in [-0.25, -0.2) is 12.8 Å². The van der Waals surface area contributed by atoms with E-state index in [9.17, 15) is 17.6 Å². The van der Waals surface area contributed by atoms with Crippen LogP contribution in [0.15, 0.2) is 47.4 Å². The Balaban J connectivity index is 1.95. The van der Waals surface area contributed by atoms with Crippen molar-refractivity contribution < 1.29 is 17.6 Å². The van der Waals surface area contributed by atoms with E-state index in [-0.39, 0.29) is 27.9 Å². The van der Waals surface area contributed by atoms with E-state index in [0.29, 0.717) is 18.1 Å². The fraction of sp³-hybridized carbons (Fsp3) is 0.316. The molecular formula is C19H19Cl2FN2O3S. The number of amides is 1. The van der Waals surface area contributed by atoms with Crippen molar-refractivity contribution in [3.05, 3.63) is 63.9 Å². The first-order chi connectivity index (χ1) is 13.3. The number of sulfonamides is 1. The number of nitrogens with zero attached hydrogens (tertiary/aromatic N) is 2. The van der Waals surface area contributed by atoms with Crippen LogP contribution in [0, 0.1) is 5.82 Å². The highest BCUT2D eigenvalue weighted by atomic mass is 35.5. The Kier molecular flexibility index (Phi) is 6.60. The van der Waals surface area contributed by atoms with Crippen LogP contribution in [0.4, 0.5) is 4.39 Å². The third-order valence-corrected chi connectivity index (χ3v) is 7.03. The Labute approximate surface area is 173 Å². The average molecular weight is 445 g/mol. The maximum Gasteiger partial charge on any atom is 0.243 e. The van der Waals surface area contributed by atoms with Crippen molar-refractivity contribution in [3.8, 4) is 0 Å². The van der Waals surface area contributed by atoms with Gasteiger partial charge in [-0.2, -0.15) is 4.31 Å². The van der Waals surface area contributed by atoms with Gasteiger partial charge in [-0.3, -0.25) is 4.79 Å². The molecule has 0 saturated carbocycles. The zero-order chi connectivity index (χ0) is 20.3. The van der Waals surface area contributed by atoms with Crippen molar-refractivity contribution in [2.45, 2.75) is 24.3 Å². The summed E-state index contributed by atoms with van der Waals surface area (Å²) in [5, 5.41) is 0.487. The number of hydrogen-bond donors (Lipinski definition) is 0. The summed E-state index contributed by atoms with van der Waals surface area (Å²) in [6, 6.07) is 9.73. The molecule has 0 spiro atoms. The standard InChI is InChI=1S/C19H19Cl2FN2O3S/c20-14-6-8-15(9-7-14)28(26,27)24(13-19(25)23-10-1-2-11-23)12-16-17(21)4-3-5-18(16)22/h3-9H,1-2,10-13H2. The van der Waals surface area contributed by atoms with Crippen LogP contribution >= 0.6 is 23.2 Å². The maximum atomic E-state index is 14.3. The molecule has 2 aromatic rings. The van der Waals surface area contributed by atoms with Crippen LogP contribution < -0.4 is 0 Å². The van der Waals surface area contributed by atoms with E-state index in [1.165, 1.54) is 42.5 Å². The Hall–Kier alpha value is -1.67. The third kappa shape index (κ3) is 4.66. The zero-order valence-corrected chi connectivity index (χ0v) is 17.3. The van der Waals surface area contributed by atoms with Crippen LogP contribution in [0.3, 0.4) is 0 Å². The van der Waals surface area contributed by atoms with Gasteiger partial charge in [0.25, 0.3) is 0 Å². The predicted octanol–water partition coefficient (Wildman–Crippen LogP) is 3.95. The van der Waals surface area contributed by atoms with E-state index >= 15 is 0 Å². The van der Waals surface area contributed by atoms with Crippen LogP contribution in [-0.2, 0) is 21.4 Å². The molecule has 9 heteroatoms. The van der Waals surface area contributed by atoms with Crippen molar-refractivity contribution in [1.29, 1.82) is 0 Å². The van der Waals surface area contributed by atoms with Gasteiger partial charge in [-0.05, 0) is 49.2 Å². The lowest BCUT2D eigenvalue weighted by Crippen LogP contribution is -2.41. The number of halogens is 3. The fourth-order valence-electron chi connectivity index (χ4n) is 3.06. The monoisotopic (exact) mass is 444 g/mol. The first-order valence-corrected chi connectivity index (χ1v) is 10.9. The molecule has 1 fully saturated rings. The van der Waals surface area contributed by atoms with Gasteiger partial charge in [0.05, 0.1) is 11.4 Å². The van der Waals surface area contributed by atoms with E-state index in [1.807, 2.05) is 0 Å². The molecule has 1 saturated heterocycles. The van der Waals surface area contributed by atoms with E-state index in [2.05, 4.69) is 0 Å². The number of hydrogen-bond acceptors (Lipinski definition) is 3. The Morgan fingerprint density at radius 1 is 1.07 bits per heavy atom. The molecule has 1 heterocycles. The second kappa shape index (κ2) is 8.78. The van der Waals surface area contributed by atoms with Crippen LogP contribution in [0.2, 0.25) is 10.0 Å². The summed E-state index contributed by atoms with van der Waals surface area (Å²) in [6.07, 6.45) is 1.77. The lowest BCUT2D eigenvalue weighted by atomic mass is 10.2. The SMILES string of the molecule is O=C(CN(Cc1c(F)cccc1Cl)S(=O)(=O)c1ccc(Cl)cc1)N1CCCC1. The fourth-order valence-corrected chi connectivity index (χ4v) is 4.77. The highest BCUT2D eigenvalue weighted by Crippen LogP contribution is 2.25. The van der Waals surface area contributed by atoms with Crippen LogP contribution in [0.1, 0.15) is 18.4 Å². The molecule has 0 unspecified atom stereocenters. The number of benzene rings is 2. The van der Waals surface area contributed by atoms with E-state index in [1.54, 1.807) is 4.90 Å². The predicted molar refractivity (Wildman–Crippen MR) is 106 cm³/mol. The van der Waals surface area contributed by atoms with Gasteiger partial charge in [-0.1, -0.05) is 29.3 Å². The first-order valence-electron chi connectivity index (χ1n) is 8.75. The number of carbonyl (C=O) groups excluding carboxylic acids is 1. The maximum absolute atomic E-state index is 14.3. The molecule has 1 aliphatic rings. The average Bonchev–Trinajstić information content (AvgIpc) is 3.19. The summed E-state index contributed by atoms with van der Waals surface area (Å²) >= 11 is 11.9. The van der Waals surface area contributed by atoms with Gasteiger partial charge in [0, 0.05) is 35.2 Å². The molecule has 1 amide bonds. The molecule has 28 heavy (non-hydrogen) atoms. The minimum absolute atomic E-state index is 0.0240. The second-order valence-corrected chi connectivity index (χ2v) is 9.30. The second-order valence-electron chi connectivity index (χ2n) is 6.52. The lowest BCUT2D eigenvalue weighted by molar-refractivity contribution is -0.130. The molecule has 3 rings (SSSR count). The highest BCUT2D eigenvalue weighted by molar-refractivity contribution is 7.89. The molecule has 0 radical (unpaired) electrons. The van der Waals surface area contributed by atoms with Crippen molar-refractivity contribution in [3.63, 3.8) is 0 Å². The Bertz CT molecular complexity index is 941. The third-order valence-electron chi connectivity index (χ3n) is 4.62. The largest absolute Gasteiger partial charge is 0.342 e. The Morgan fingerprint density at radius 2 is 1.71 bits per heavy atom. The summed E-state index contributed by atoms with van der Waals surface area (Å²) in [5.41, 5.74) is 0.0240. The lowest BCUT2D eigenvalue weighted by Gasteiger charge is -2.25. The molecule has 1 aliphatic heterocycles. The van der Waals surface area contributed by atoms with Crippen molar-refractivity contribution in [1.82, 2.24) is 9.21 Å². The molecule has 150 valence electrons. The zero-order valence-electron chi connectivity index (χ0n) is 14.9. The normalized spacial score (nSPS) is 14.6. The minimum atomic E-state index is -4.07. The number of likely N-dealkylation sites (tertiary alicyclic amines) is 1. The first kappa shape index (κ1) is 21.0. The van der Waals surface area contributed by atoms with Crippen molar-refractivity contribution in [2.24, 2.45) is 0 Å². The van der Waals surface area contributed by atoms with Gasteiger partial charge < -0.3 is 4.90 Å². The molecule has 0 atom stereocenters. The van der Waals surface area contributed by atoms with Crippen LogP contribution in [0.25, 0.3) is 0 Å². The summed E-state index contributed by atoms with van der Waals surface area (Å²) < 4.78 is 41.6. The summed E-state index contributed by atoms with van der Waals surface area (Å²) in [7, 11) is -4.07. The van der Waals surface area contributed by atoms with E-state index in [0.717, 1.165) is 17.1 Å². The smallest absolute Gasteiger partial charge is 0.243 e. The van der Waals surface area contributed by atoms with Crippen LogP contribution in [-0.4, -0.2) is 43.2 Å².